The molecule has 1 atom stereocenters. The summed E-state index contributed by atoms with van der Waals surface area (Å²) < 4.78 is 18.4. The van der Waals surface area contributed by atoms with Crippen LogP contribution in [0.4, 0.5) is 4.39 Å². The number of Topliss-reactive ketones (excluding diaryl/α,β-unsaturated/α-hetero) is 1. The maximum Gasteiger partial charge on any atom is 0.331 e. The third-order valence-electron chi connectivity index (χ3n) is 3.91. The average molecular weight is 360 g/mol. The van der Waals surface area contributed by atoms with Crippen LogP contribution < -0.4 is 0 Å². The molecule has 0 N–H and O–H groups in total. The molecule has 3 aromatic carbocycles. The summed E-state index contributed by atoms with van der Waals surface area (Å²) in [6.07, 6.45) is 1.69. The third-order valence-corrected chi connectivity index (χ3v) is 3.91. The minimum Gasteiger partial charge on any atom is -0.446 e. The van der Waals surface area contributed by atoms with Gasteiger partial charge in [-0.1, -0.05) is 72.8 Å². The minimum atomic E-state index is -1.04. The fraction of sp³-hybridized carbons (Fsp3) is 0.0435. The Balaban J connectivity index is 1.80. The molecule has 0 aromatic heterocycles. The van der Waals surface area contributed by atoms with E-state index in [4.69, 9.17) is 4.74 Å². The Morgan fingerprint density at radius 2 is 1.41 bits per heavy atom. The maximum absolute atomic E-state index is 12.9. The fourth-order valence-corrected chi connectivity index (χ4v) is 2.55. The van der Waals surface area contributed by atoms with Crippen molar-refractivity contribution in [3.63, 3.8) is 0 Å². The average Bonchev–Trinajstić information content (AvgIpc) is 2.72. The van der Waals surface area contributed by atoms with Crippen LogP contribution in [0.3, 0.4) is 0 Å². The monoisotopic (exact) mass is 360 g/mol. The molecule has 3 rings (SSSR count). The van der Waals surface area contributed by atoms with Crippen molar-refractivity contribution in [1.82, 2.24) is 0 Å². The van der Waals surface area contributed by atoms with E-state index in [0.29, 0.717) is 16.7 Å². The molecule has 0 saturated heterocycles. The number of carbonyl (C=O) groups excluding carboxylic acids is 2. The SMILES string of the molecule is O=C(/C=C/c1ccc(F)cc1)O[C@H](C(=O)c1ccccc1)c1ccccc1. The zero-order valence-electron chi connectivity index (χ0n) is 14.4. The van der Waals surface area contributed by atoms with Gasteiger partial charge in [0.1, 0.15) is 5.82 Å². The van der Waals surface area contributed by atoms with Crippen LogP contribution >= 0.6 is 0 Å². The van der Waals surface area contributed by atoms with E-state index in [1.807, 2.05) is 12.1 Å². The first kappa shape index (κ1) is 18.3. The topological polar surface area (TPSA) is 43.4 Å². The van der Waals surface area contributed by atoms with Crippen molar-refractivity contribution < 1.29 is 18.7 Å². The summed E-state index contributed by atoms with van der Waals surface area (Å²) >= 11 is 0. The first-order valence-corrected chi connectivity index (χ1v) is 8.42. The quantitative estimate of drug-likeness (QED) is 0.353. The van der Waals surface area contributed by atoms with E-state index in [1.165, 1.54) is 24.3 Å². The van der Waals surface area contributed by atoms with Gasteiger partial charge in [-0.25, -0.2) is 9.18 Å². The Bertz CT molecular complexity index is 932. The van der Waals surface area contributed by atoms with E-state index in [0.717, 1.165) is 0 Å². The highest BCUT2D eigenvalue weighted by Gasteiger charge is 2.25. The van der Waals surface area contributed by atoms with Crippen LogP contribution in [-0.2, 0) is 9.53 Å². The molecule has 0 fully saturated rings. The first-order chi connectivity index (χ1) is 13.1. The lowest BCUT2D eigenvalue weighted by Crippen LogP contribution is -2.19. The molecule has 134 valence electrons. The van der Waals surface area contributed by atoms with Crippen molar-refractivity contribution in [1.29, 1.82) is 0 Å². The van der Waals surface area contributed by atoms with Crippen molar-refractivity contribution in [3.05, 3.63) is 114 Å². The van der Waals surface area contributed by atoms with Gasteiger partial charge >= 0.3 is 5.97 Å². The molecular weight excluding hydrogens is 343 g/mol. The van der Waals surface area contributed by atoms with Gasteiger partial charge in [0.25, 0.3) is 0 Å². The number of esters is 1. The molecule has 0 aliphatic carbocycles. The van der Waals surface area contributed by atoms with Crippen LogP contribution in [0.15, 0.2) is 91.0 Å². The smallest absolute Gasteiger partial charge is 0.331 e. The van der Waals surface area contributed by atoms with Crippen molar-refractivity contribution in [3.8, 4) is 0 Å². The van der Waals surface area contributed by atoms with Gasteiger partial charge in [0.05, 0.1) is 0 Å². The Hall–Kier alpha value is -3.53. The van der Waals surface area contributed by atoms with Gasteiger partial charge in [0.15, 0.2) is 6.10 Å². The molecule has 0 amide bonds. The van der Waals surface area contributed by atoms with Crippen molar-refractivity contribution >= 4 is 17.8 Å². The van der Waals surface area contributed by atoms with Crippen LogP contribution in [0.25, 0.3) is 6.08 Å². The summed E-state index contributed by atoms with van der Waals surface area (Å²) in [7, 11) is 0. The number of halogens is 1. The first-order valence-electron chi connectivity index (χ1n) is 8.42. The van der Waals surface area contributed by atoms with Gasteiger partial charge in [0.2, 0.25) is 5.78 Å². The number of benzene rings is 3. The zero-order valence-corrected chi connectivity index (χ0v) is 14.4. The van der Waals surface area contributed by atoms with Gasteiger partial charge in [0, 0.05) is 17.2 Å². The van der Waals surface area contributed by atoms with Crippen LogP contribution in [0.1, 0.15) is 27.6 Å². The summed E-state index contributed by atoms with van der Waals surface area (Å²) in [4.78, 5) is 25.1. The molecule has 0 aliphatic heterocycles. The van der Waals surface area contributed by atoms with E-state index in [1.54, 1.807) is 60.7 Å². The second-order valence-electron chi connectivity index (χ2n) is 5.84. The normalized spacial score (nSPS) is 11.9. The van der Waals surface area contributed by atoms with Crippen molar-refractivity contribution in [2.45, 2.75) is 6.10 Å². The molecule has 0 radical (unpaired) electrons. The molecule has 0 bridgehead atoms. The highest BCUT2D eigenvalue weighted by Crippen LogP contribution is 2.23. The number of carbonyl (C=O) groups is 2. The number of rotatable bonds is 6. The molecule has 0 aliphatic rings. The van der Waals surface area contributed by atoms with Crippen molar-refractivity contribution in [2.24, 2.45) is 0 Å². The summed E-state index contributed by atoms with van der Waals surface area (Å²) in [6, 6.07) is 23.2. The lowest BCUT2D eigenvalue weighted by molar-refractivity contribution is -0.141. The summed E-state index contributed by atoms with van der Waals surface area (Å²) in [6.45, 7) is 0. The van der Waals surface area contributed by atoms with E-state index in [-0.39, 0.29) is 11.6 Å². The Morgan fingerprint density at radius 3 is 2.04 bits per heavy atom. The second kappa shape index (κ2) is 8.72. The van der Waals surface area contributed by atoms with E-state index in [2.05, 4.69) is 0 Å². The van der Waals surface area contributed by atoms with Crippen molar-refractivity contribution in [2.75, 3.05) is 0 Å². The van der Waals surface area contributed by atoms with Gasteiger partial charge < -0.3 is 4.74 Å². The van der Waals surface area contributed by atoms with E-state index >= 15 is 0 Å². The van der Waals surface area contributed by atoms with Gasteiger partial charge in [-0.3, -0.25) is 4.79 Å². The largest absolute Gasteiger partial charge is 0.446 e. The number of ketones is 1. The van der Waals surface area contributed by atoms with Gasteiger partial charge in [-0.2, -0.15) is 0 Å². The fourth-order valence-electron chi connectivity index (χ4n) is 2.55. The highest BCUT2D eigenvalue weighted by molar-refractivity contribution is 6.01. The number of hydrogen-bond acceptors (Lipinski definition) is 3. The van der Waals surface area contributed by atoms with E-state index < -0.39 is 12.1 Å². The standard InChI is InChI=1S/C23H17FO3/c24-20-14-11-17(12-15-20)13-16-21(25)27-23(19-9-5-2-6-10-19)22(26)18-7-3-1-4-8-18/h1-16,23H/b16-13+/t23-/m0/s1. The Labute approximate surface area is 156 Å². The van der Waals surface area contributed by atoms with Crippen LogP contribution in [0.5, 0.6) is 0 Å². The molecule has 0 heterocycles. The molecule has 0 saturated carbocycles. The molecule has 4 heteroatoms. The number of ether oxygens (including phenoxy) is 1. The summed E-state index contributed by atoms with van der Waals surface area (Å²) in [5.41, 5.74) is 1.70. The second-order valence-corrected chi connectivity index (χ2v) is 5.84. The Morgan fingerprint density at radius 1 is 0.815 bits per heavy atom. The molecule has 0 spiro atoms. The Kier molecular flexibility index (Phi) is 5.90. The molecule has 3 nitrogen and oxygen atoms in total. The molecule has 0 unspecified atom stereocenters. The van der Waals surface area contributed by atoms with Gasteiger partial charge in [-0.15, -0.1) is 0 Å². The maximum atomic E-state index is 12.9. The van der Waals surface area contributed by atoms with Crippen LogP contribution in [0, 0.1) is 5.82 Å². The zero-order chi connectivity index (χ0) is 19.1. The summed E-state index contributed by atoms with van der Waals surface area (Å²) in [5, 5.41) is 0. The number of hydrogen-bond donors (Lipinski definition) is 0. The molecular formula is C23H17FO3. The van der Waals surface area contributed by atoms with Crippen LogP contribution in [-0.4, -0.2) is 11.8 Å². The lowest BCUT2D eigenvalue weighted by atomic mass is 10.00. The molecule has 27 heavy (non-hydrogen) atoms. The van der Waals surface area contributed by atoms with Gasteiger partial charge in [-0.05, 0) is 23.8 Å². The molecule has 3 aromatic rings. The lowest BCUT2D eigenvalue weighted by Gasteiger charge is -2.16. The summed E-state index contributed by atoms with van der Waals surface area (Å²) in [5.74, 6) is -1.31. The third kappa shape index (κ3) is 4.98. The minimum absolute atomic E-state index is 0.301. The van der Waals surface area contributed by atoms with Crippen LogP contribution in [0.2, 0.25) is 0 Å². The predicted molar refractivity (Wildman–Crippen MR) is 101 cm³/mol. The predicted octanol–water partition coefficient (Wildman–Crippen LogP) is 5.01. The highest BCUT2D eigenvalue weighted by atomic mass is 19.1. The van der Waals surface area contributed by atoms with E-state index in [9.17, 15) is 14.0 Å².